The van der Waals surface area contributed by atoms with Crippen molar-refractivity contribution in [1.82, 2.24) is 14.1 Å². The smallest absolute Gasteiger partial charge is 0.369 e. The molecule has 0 spiro atoms. The average molecular weight is 420 g/mol. The highest BCUT2D eigenvalue weighted by atomic mass is 35.5. The van der Waals surface area contributed by atoms with Crippen LogP contribution in [0.15, 0.2) is 26.9 Å². The Morgan fingerprint density at radius 2 is 2.00 bits per heavy atom. The van der Waals surface area contributed by atoms with Gasteiger partial charge in [0.05, 0.1) is 10.6 Å². The molecule has 0 atom stereocenters. The molecule has 144 valence electrons. The fraction of sp³-hybridized carbons (Fsp3) is 0.333. The van der Waals surface area contributed by atoms with E-state index in [9.17, 15) is 22.8 Å². The van der Waals surface area contributed by atoms with E-state index in [-0.39, 0.29) is 28.0 Å². The van der Waals surface area contributed by atoms with Gasteiger partial charge in [-0.1, -0.05) is 11.6 Å². The molecule has 2 rings (SSSR count). The van der Waals surface area contributed by atoms with Gasteiger partial charge in [-0.15, -0.1) is 11.8 Å². The third-order valence-corrected chi connectivity index (χ3v) is 4.95. The van der Waals surface area contributed by atoms with Gasteiger partial charge in [-0.3, -0.25) is 13.9 Å². The van der Waals surface area contributed by atoms with Crippen LogP contribution in [0.4, 0.5) is 19.0 Å². The number of pyridine rings is 1. The first-order chi connectivity index (χ1) is 12.6. The van der Waals surface area contributed by atoms with Crippen LogP contribution in [0, 0.1) is 11.3 Å². The van der Waals surface area contributed by atoms with E-state index in [0.29, 0.717) is 11.9 Å². The zero-order valence-corrected chi connectivity index (χ0v) is 15.7. The number of hydrogen-bond donors (Lipinski definition) is 1. The maximum Gasteiger partial charge on any atom is 0.417 e. The first-order valence-corrected chi connectivity index (χ1v) is 8.73. The predicted molar refractivity (Wildman–Crippen MR) is 95.1 cm³/mol. The lowest BCUT2D eigenvalue weighted by molar-refractivity contribution is -0.137. The Morgan fingerprint density at radius 1 is 1.33 bits per heavy atom. The molecule has 1 N–H and O–H groups in total. The van der Waals surface area contributed by atoms with Crippen molar-refractivity contribution in [1.29, 1.82) is 5.26 Å². The topological polar surface area (TPSA) is 92.7 Å². The number of halogens is 4. The van der Waals surface area contributed by atoms with Gasteiger partial charge in [-0.25, -0.2) is 9.78 Å². The van der Waals surface area contributed by atoms with Gasteiger partial charge < -0.3 is 5.32 Å². The highest BCUT2D eigenvalue weighted by Crippen LogP contribution is 2.33. The summed E-state index contributed by atoms with van der Waals surface area (Å²) in [5.74, 6) is 0.379. The molecule has 27 heavy (non-hydrogen) atoms. The van der Waals surface area contributed by atoms with E-state index in [1.54, 1.807) is 6.07 Å². The minimum atomic E-state index is -4.53. The lowest BCUT2D eigenvalue weighted by Crippen LogP contribution is -2.40. The van der Waals surface area contributed by atoms with Gasteiger partial charge in [0.15, 0.2) is 5.56 Å². The van der Waals surface area contributed by atoms with Crippen molar-refractivity contribution in [3.63, 3.8) is 0 Å². The van der Waals surface area contributed by atoms with Crippen LogP contribution in [-0.4, -0.2) is 26.4 Å². The van der Waals surface area contributed by atoms with E-state index < -0.39 is 23.0 Å². The van der Waals surface area contributed by atoms with Crippen molar-refractivity contribution in [3.05, 3.63) is 49.3 Å². The largest absolute Gasteiger partial charge is 0.417 e. The van der Waals surface area contributed by atoms with Gasteiger partial charge in [0.1, 0.15) is 16.9 Å². The van der Waals surface area contributed by atoms with Crippen molar-refractivity contribution in [2.24, 2.45) is 14.1 Å². The monoisotopic (exact) mass is 419 g/mol. The van der Waals surface area contributed by atoms with Crippen LogP contribution < -0.4 is 16.6 Å². The lowest BCUT2D eigenvalue weighted by atomic mass is 10.3. The fourth-order valence-corrected chi connectivity index (χ4v) is 3.21. The number of aromatic nitrogens is 3. The summed E-state index contributed by atoms with van der Waals surface area (Å²) in [5, 5.41) is 12.1. The molecule has 0 aliphatic heterocycles. The molecule has 2 aromatic heterocycles. The quantitative estimate of drug-likeness (QED) is 0.590. The molecule has 2 heterocycles. The molecule has 0 fully saturated rings. The molecule has 0 aliphatic carbocycles. The maximum atomic E-state index is 12.6. The molecule has 0 radical (unpaired) electrons. The van der Waals surface area contributed by atoms with Gasteiger partial charge in [-0.05, 0) is 6.07 Å². The summed E-state index contributed by atoms with van der Waals surface area (Å²) < 4.78 is 39.8. The van der Waals surface area contributed by atoms with Crippen LogP contribution in [0.5, 0.6) is 0 Å². The van der Waals surface area contributed by atoms with Gasteiger partial charge >= 0.3 is 11.9 Å². The number of thioether (sulfide) groups is 1. The Morgan fingerprint density at radius 3 is 2.56 bits per heavy atom. The molecule has 0 saturated heterocycles. The van der Waals surface area contributed by atoms with Crippen LogP contribution in [-0.2, 0) is 20.3 Å². The first kappa shape index (κ1) is 20.9. The summed E-state index contributed by atoms with van der Waals surface area (Å²) >= 11 is 6.92. The Bertz CT molecular complexity index is 1030. The number of anilines is 1. The first-order valence-electron chi connectivity index (χ1n) is 7.37. The molecular weight excluding hydrogens is 407 g/mol. The molecule has 7 nitrogen and oxygen atoms in total. The Kier molecular flexibility index (Phi) is 6.22. The third kappa shape index (κ3) is 4.45. The van der Waals surface area contributed by atoms with Gasteiger partial charge in [-0.2, -0.15) is 18.4 Å². The van der Waals surface area contributed by atoms with E-state index in [0.717, 1.165) is 27.0 Å². The second-order valence-electron chi connectivity index (χ2n) is 5.33. The molecule has 0 amide bonds. The van der Waals surface area contributed by atoms with E-state index in [1.165, 1.54) is 14.1 Å². The number of nitrogens with one attached hydrogen (secondary N) is 1. The van der Waals surface area contributed by atoms with E-state index >= 15 is 0 Å². The van der Waals surface area contributed by atoms with Crippen LogP contribution in [0.3, 0.4) is 0 Å². The zero-order valence-electron chi connectivity index (χ0n) is 14.1. The predicted octanol–water partition coefficient (Wildman–Crippen LogP) is 2.23. The molecular formula is C15H13ClF3N5O2S. The van der Waals surface area contributed by atoms with Gasteiger partial charge in [0.2, 0.25) is 0 Å². The number of nitriles is 1. The summed E-state index contributed by atoms with van der Waals surface area (Å²) in [7, 11) is 2.68. The van der Waals surface area contributed by atoms with Crippen molar-refractivity contribution in [2.45, 2.75) is 11.2 Å². The minimum Gasteiger partial charge on any atom is -0.369 e. The van der Waals surface area contributed by atoms with Crippen molar-refractivity contribution < 1.29 is 13.2 Å². The minimum absolute atomic E-state index is 0.0673. The standard InChI is InChI=1S/C15H13ClF3N5O2S/c1-23-11(9(6-20)13(25)24(2)14(23)26)21-3-4-27-12-10(16)5-8(7-22-12)15(17,18)19/h5,7,21H,3-4H2,1-2H3. The molecule has 0 bridgehead atoms. The summed E-state index contributed by atoms with van der Waals surface area (Å²) in [5.41, 5.74) is -2.47. The van der Waals surface area contributed by atoms with Crippen molar-refractivity contribution in [2.75, 3.05) is 17.6 Å². The molecule has 12 heteroatoms. The number of alkyl halides is 3. The third-order valence-electron chi connectivity index (χ3n) is 3.54. The van der Waals surface area contributed by atoms with Crippen molar-refractivity contribution >= 4 is 29.2 Å². The van der Waals surface area contributed by atoms with Crippen LogP contribution in [0.1, 0.15) is 11.1 Å². The van der Waals surface area contributed by atoms with Gasteiger partial charge in [0, 0.05) is 32.6 Å². The van der Waals surface area contributed by atoms with Crippen LogP contribution in [0.2, 0.25) is 5.02 Å². The normalized spacial score (nSPS) is 11.3. The Hall–Kier alpha value is -2.45. The van der Waals surface area contributed by atoms with E-state index in [4.69, 9.17) is 16.9 Å². The molecule has 0 aliphatic rings. The second kappa shape index (κ2) is 8.06. The number of hydrogen-bond acceptors (Lipinski definition) is 6. The summed E-state index contributed by atoms with van der Waals surface area (Å²) in [6, 6.07) is 2.55. The van der Waals surface area contributed by atoms with Gasteiger partial charge in [0.25, 0.3) is 5.56 Å². The zero-order chi connectivity index (χ0) is 20.4. The average Bonchev–Trinajstić information content (AvgIpc) is 2.61. The SMILES string of the molecule is Cn1c(NCCSc2ncc(C(F)(F)F)cc2Cl)c(C#N)c(=O)n(C)c1=O. The summed E-state index contributed by atoms with van der Waals surface area (Å²) in [4.78, 5) is 27.6. The summed E-state index contributed by atoms with van der Waals surface area (Å²) in [6.45, 7) is 0.207. The maximum absolute atomic E-state index is 12.6. The fourth-order valence-electron chi connectivity index (χ4n) is 2.16. The van der Waals surface area contributed by atoms with Crippen LogP contribution >= 0.6 is 23.4 Å². The second-order valence-corrected chi connectivity index (χ2v) is 6.82. The lowest BCUT2D eigenvalue weighted by Gasteiger charge is -2.13. The molecule has 0 unspecified atom stereocenters. The van der Waals surface area contributed by atoms with E-state index in [1.807, 2.05) is 0 Å². The highest BCUT2D eigenvalue weighted by molar-refractivity contribution is 7.99. The highest BCUT2D eigenvalue weighted by Gasteiger charge is 2.31. The number of rotatable bonds is 5. The Labute approximate surface area is 160 Å². The molecule has 0 aromatic carbocycles. The molecule has 0 saturated carbocycles. The number of nitrogens with zero attached hydrogens (tertiary/aromatic N) is 4. The van der Waals surface area contributed by atoms with E-state index in [2.05, 4.69) is 10.3 Å². The summed E-state index contributed by atoms with van der Waals surface area (Å²) in [6.07, 6.45) is -3.83. The molecule has 2 aromatic rings. The Balaban J connectivity index is 2.10. The van der Waals surface area contributed by atoms with Crippen molar-refractivity contribution in [3.8, 4) is 6.07 Å². The van der Waals surface area contributed by atoms with Crippen LogP contribution in [0.25, 0.3) is 0 Å².